The van der Waals surface area contributed by atoms with Gasteiger partial charge >= 0.3 is 0 Å². The number of anilines is 1. The molecule has 0 bridgehead atoms. The van der Waals surface area contributed by atoms with Crippen molar-refractivity contribution in [2.45, 2.75) is 25.9 Å². The van der Waals surface area contributed by atoms with Gasteiger partial charge in [0.2, 0.25) is 0 Å². The van der Waals surface area contributed by atoms with Gasteiger partial charge in [-0.2, -0.15) is 0 Å². The lowest BCUT2D eigenvalue weighted by molar-refractivity contribution is 0.563. The minimum Gasteiger partial charge on any atom is -0.472 e. The third-order valence-electron chi connectivity index (χ3n) is 2.99. The molecule has 0 spiro atoms. The Morgan fingerprint density at radius 1 is 1.37 bits per heavy atom. The molecule has 2 N–H and O–H groups in total. The van der Waals surface area contributed by atoms with E-state index in [4.69, 9.17) is 10.2 Å². The van der Waals surface area contributed by atoms with E-state index in [1.54, 1.807) is 18.6 Å². The molecule has 2 aromatic rings. The van der Waals surface area contributed by atoms with Crippen LogP contribution in [0.3, 0.4) is 0 Å². The van der Waals surface area contributed by atoms with Crippen molar-refractivity contribution >= 4 is 5.69 Å². The van der Waals surface area contributed by atoms with E-state index in [0.29, 0.717) is 18.7 Å². The Balaban J connectivity index is 2.26. The van der Waals surface area contributed by atoms with Gasteiger partial charge < -0.3 is 15.1 Å². The van der Waals surface area contributed by atoms with Crippen LogP contribution in [0.2, 0.25) is 0 Å². The third-order valence-corrected chi connectivity index (χ3v) is 2.99. The molecule has 0 fully saturated rings. The predicted octanol–water partition coefficient (Wildman–Crippen LogP) is 2.94. The Morgan fingerprint density at radius 2 is 2.16 bits per heavy atom. The topological polar surface area (TPSA) is 42.4 Å². The number of nitrogens with zero attached hydrogens (tertiary/aromatic N) is 1. The van der Waals surface area contributed by atoms with Crippen LogP contribution in [0.15, 0.2) is 41.2 Å². The first kappa shape index (κ1) is 13.6. The van der Waals surface area contributed by atoms with Crippen molar-refractivity contribution in [3.8, 4) is 0 Å². The summed E-state index contributed by atoms with van der Waals surface area (Å²) in [5.41, 5.74) is 8.38. The highest BCUT2D eigenvalue weighted by molar-refractivity contribution is 5.55. The van der Waals surface area contributed by atoms with Gasteiger partial charge in [-0.3, -0.25) is 0 Å². The molecule has 19 heavy (non-hydrogen) atoms. The minimum absolute atomic E-state index is 0.00266. The van der Waals surface area contributed by atoms with Crippen LogP contribution in [-0.4, -0.2) is 13.1 Å². The standard InChI is InChI=1S/C15H19FN2O/c1-11(17)8-13-4-3-5-14(16)15(13)18(2)9-12-6-7-19-10-12/h3-7,10-11H,8-9,17H2,1-2H3. The van der Waals surface area contributed by atoms with Crippen LogP contribution in [-0.2, 0) is 13.0 Å². The molecule has 3 nitrogen and oxygen atoms in total. The van der Waals surface area contributed by atoms with Gasteiger partial charge in [0.05, 0.1) is 18.2 Å². The van der Waals surface area contributed by atoms with Crippen LogP contribution in [0.25, 0.3) is 0 Å². The largest absolute Gasteiger partial charge is 0.472 e. The van der Waals surface area contributed by atoms with E-state index in [1.807, 2.05) is 31.0 Å². The molecule has 1 atom stereocenters. The van der Waals surface area contributed by atoms with Crippen molar-refractivity contribution in [1.82, 2.24) is 0 Å². The van der Waals surface area contributed by atoms with E-state index >= 15 is 0 Å². The zero-order valence-electron chi connectivity index (χ0n) is 11.3. The summed E-state index contributed by atoms with van der Waals surface area (Å²) in [6, 6.07) is 7.01. The lowest BCUT2D eigenvalue weighted by Crippen LogP contribution is -2.23. The summed E-state index contributed by atoms with van der Waals surface area (Å²) in [6.07, 6.45) is 3.94. The lowest BCUT2D eigenvalue weighted by atomic mass is 10.0. The maximum Gasteiger partial charge on any atom is 0.146 e. The highest BCUT2D eigenvalue weighted by Gasteiger charge is 2.14. The second kappa shape index (κ2) is 5.89. The summed E-state index contributed by atoms with van der Waals surface area (Å²) in [5, 5.41) is 0. The number of nitrogens with two attached hydrogens (primary N) is 1. The first-order valence-electron chi connectivity index (χ1n) is 6.33. The molecular weight excluding hydrogens is 243 g/mol. The summed E-state index contributed by atoms with van der Waals surface area (Å²) >= 11 is 0. The Kier molecular flexibility index (Phi) is 4.22. The maximum atomic E-state index is 14.1. The molecule has 2 rings (SSSR count). The number of rotatable bonds is 5. The van der Waals surface area contributed by atoms with Crippen LogP contribution in [0, 0.1) is 5.82 Å². The van der Waals surface area contributed by atoms with Crippen molar-refractivity contribution in [2.75, 3.05) is 11.9 Å². The molecule has 0 aliphatic rings. The zero-order valence-corrected chi connectivity index (χ0v) is 11.3. The number of hydrogen-bond donors (Lipinski definition) is 1. The fourth-order valence-electron chi connectivity index (χ4n) is 2.23. The quantitative estimate of drug-likeness (QED) is 0.900. The molecule has 0 radical (unpaired) electrons. The predicted molar refractivity (Wildman–Crippen MR) is 74.6 cm³/mol. The summed E-state index contributed by atoms with van der Waals surface area (Å²) in [6.45, 7) is 2.52. The van der Waals surface area contributed by atoms with Gasteiger partial charge in [0.25, 0.3) is 0 Å². The average molecular weight is 262 g/mol. The van der Waals surface area contributed by atoms with Crippen molar-refractivity contribution in [1.29, 1.82) is 0 Å². The van der Waals surface area contributed by atoms with Crippen LogP contribution < -0.4 is 10.6 Å². The number of furan rings is 1. The SMILES string of the molecule is CC(N)Cc1cccc(F)c1N(C)Cc1ccoc1. The summed E-state index contributed by atoms with van der Waals surface area (Å²) in [4.78, 5) is 1.89. The Hall–Kier alpha value is -1.81. The Bertz CT molecular complexity index is 523. The Labute approximate surface area is 112 Å². The normalized spacial score (nSPS) is 12.4. The molecule has 0 aliphatic heterocycles. The van der Waals surface area contributed by atoms with Crippen LogP contribution in [0.5, 0.6) is 0 Å². The molecule has 1 unspecified atom stereocenters. The van der Waals surface area contributed by atoms with Gasteiger partial charge in [-0.1, -0.05) is 12.1 Å². The molecule has 1 aromatic heterocycles. The van der Waals surface area contributed by atoms with E-state index in [-0.39, 0.29) is 11.9 Å². The van der Waals surface area contributed by atoms with Gasteiger partial charge in [0.15, 0.2) is 0 Å². The summed E-state index contributed by atoms with van der Waals surface area (Å²) in [5.74, 6) is -0.218. The van der Waals surface area contributed by atoms with Gasteiger partial charge in [-0.05, 0) is 31.0 Å². The van der Waals surface area contributed by atoms with Crippen molar-refractivity contribution < 1.29 is 8.81 Å². The highest BCUT2D eigenvalue weighted by Crippen LogP contribution is 2.26. The van der Waals surface area contributed by atoms with Crippen LogP contribution >= 0.6 is 0 Å². The van der Waals surface area contributed by atoms with E-state index < -0.39 is 0 Å². The van der Waals surface area contributed by atoms with E-state index in [2.05, 4.69) is 0 Å². The maximum absolute atomic E-state index is 14.1. The molecule has 102 valence electrons. The zero-order chi connectivity index (χ0) is 13.8. The van der Waals surface area contributed by atoms with E-state index in [0.717, 1.165) is 11.1 Å². The van der Waals surface area contributed by atoms with Crippen molar-refractivity contribution in [3.63, 3.8) is 0 Å². The first-order valence-corrected chi connectivity index (χ1v) is 6.33. The number of halogens is 1. The molecule has 0 amide bonds. The van der Waals surface area contributed by atoms with Gasteiger partial charge in [0.1, 0.15) is 5.82 Å². The Morgan fingerprint density at radius 3 is 2.79 bits per heavy atom. The number of hydrogen-bond acceptors (Lipinski definition) is 3. The molecule has 1 heterocycles. The first-order chi connectivity index (χ1) is 9.08. The summed E-state index contributed by atoms with van der Waals surface area (Å²) in [7, 11) is 1.87. The molecular formula is C15H19FN2O. The molecule has 0 saturated heterocycles. The van der Waals surface area contributed by atoms with Crippen LogP contribution in [0.4, 0.5) is 10.1 Å². The van der Waals surface area contributed by atoms with Gasteiger partial charge in [-0.25, -0.2) is 4.39 Å². The highest BCUT2D eigenvalue weighted by atomic mass is 19.1. The van der Waals surface area contributed by atoms with Gasteiger partial charge in [-0.15, -0.1) is 0 Å². The fraction of sp³-hybridized carbons (Fsp3) is 0.333. The molecule has 1 aromatic carbocycles. The average Bonchev–Trinajstić information content (AvgIpc) is 2.80. The van der Waals surface area contributed by atoms with E-state index in [9.17, 15) is 4.39 Å². The van der Waals surface area contributed by atoms with Crippen LogP contribution in [0.1, 0.15) is 18.1 Å². The van der Waals surface area contributed by atoms with Crippen molar-refractivity contribution in [2.24, 2.45) is 5.73 Å². The lowest BCUT2D eigenvalue weighted by Gasteiger charge is -2.23. The van der Waals surface area contributed by atoms with E-state index in [1.165, 1.54) is 6.07 Å². The monoisotopic (exact) mass is 262 g/mol. The smallest absolute Gasteiger partial charge is 0.146 e. The number of benzene rings is 1. The fourth-order valence-corrected chi connectivity index (χ4v) is 2.23. The minimum atomic E-state index is -0.218. The molecule has 4 heteroatoms. The second-order valence-electron chi connectivity index (χ2n) is 4.92. The second-order valence-corrected chi connectivity index (χ2v) is 4.92. The molecule has 0 saturated carbocycles. The molecule has 0 aliphatic carbocycles. The summed E-state index contributed by atoms with van der Waals surface area (Å²) < 4.78 is 19.1. The number of para-hydroxylation sites is 1. The van der Waals surface area contributed by atoms with Gasteiger partial charge in [0, 0.05) is 25.2 Å². The third kappa shape index (κ3) is 3.35. The van der Waals surface area contributed by atoms with Crippen molar-refractivity contribution in [3.05, 3.63) is 53.7 Å².